The molecule has 196 valence electrons. The van der Waals surface area contributed by atoms with Crippen molar-refractivity contribution in [3.8, 4) is 0 Å². The van der Waals surface area contributed by atoms with Crippen LogP contribution < -0.4 is 10.6 Å². The molecule has 0 saturated carbocycles. The molecule has 1 aromatic heterocycles. The maximum Gasteiger partial charge on any atom is 0.409 e. The molecular weight excluding hydrogens is 495 g/mol. The fourth-order valence-electron chi connectivity index (χ4n) is 2.97. The maximum absolute atomic E-state index is 12.6. The van der Waals surface area contributed by atoms with Crippen LogP contribution in [0.5, 0.6) is 0 Å². The van der Waals surface area contributed by atoms with E-state index in [0.29, 0.717) is 37.8 Å². The number of rotatable bonds is 8. The number of amides is 3. The van der Waals surface area contributed by atoms with Gasteiger partial charge in [-0.1, -0.05) is 11.6 Å². The summed E-state index contributed by atoms with van der Waals surface area (Å²) < 4.78 is 38.1. The minimum atomic E-state index is -4.29. The van der Waals surface area contributed by atoms with E-state index in [1.807, 2.05) is 4.90 Å². The monoisotopic (exact) mass is 523 g/mol. The van der Waals surface area contributed by atoms with Gasteiger partial charge in [-0.15, -0.1) is 0 Å². The number of ether oxygens (including phenoxy) is 1. The number of hydrogen-bond acceptors (Lipinski definition) is 7. The molecule has 35 heavy (non-hydrogen) atoms. The lowest BCUT2D eigenvalue weighted by atomic mass is 10.00. The average Bonchev–Trinajstić information content (AvgIpc) is 2.81. The first-order valence-corrected chi connectivity index (χ1v) is 11.0. The van der Waals surface area contributed by atoms with Crippen LogP contribution in [0.3, 0.4) is 0 Å². The highest BCUT2D eigenvalue weighted by Gasteiger charge is 2.37. The van der Waals surface area contributed by atoms with Crippen molar-refractivity contribution >= 4 is 35.8 Å². The fourth-order valence-corrected chi connectivity index (χ4v) is 3.08. The summed E-state index contributed by atoms with van der Waals surface area (Å²) in [4.78, 5) is 53.4. The molecule has 2 heterocycles. The molecule has 0 aliphatic carbocycles. The van der Waals surface area contributed by atoms with E-state index in [2.05, 4.69) is 10.3 Å². The number of nitrogens with one attached hydrogen (secondary N) is 2. The van der Waals surface area contributed by atoms with Gasteiger partial charge in [0, 0.05) is 32.4 Å². The summed E-state index contributed by atoms with van der Waals surface area (Å²) in [5.41, 5.74) is -0.561. The van der Waals surface area contributed by atoms with Gasteiger partial charge in [0.15, 0.2) is 5.78 Å². The third kappa shape index (κ3) is 10.5. The quantitative estimate of drug-likeness (QED) is 0.394. The Morgan fingerprint density at radius 1 is 1.17 bits per heavy atom. The highest BCUT2D eigenvalue weighted by Crippen LogP contribution is 2.18. The molecular formula is C21H29ClF3N5O5. The molecule has 0 radical (unpaired) electrons. The van der Waals surface area contributed by atoms with Crippen LogP contribution >= 0.6 is 11.6 Å². The van der Waals surface area contributed by atoms with Gasteiger partial charge < -0.3 is 20.3 Å². The van der Waals surface area contributed by atoms with Crippen LogP contribution in [-0.2, 0) is 14.3 Å². The number of carbonyl (C=O) groups is 4. The zero-order chi connectivity index (χ0) is 26.6. The van der Waals surface area contributed by atoms with Crippen molar-refractivity contribution in [2.75, 3.05) is 45.9 Å². The molecule has 2 N–H and O–H groups in total. The molecule has 10 nitrogen and oxygen atoms in total. The van der Waals surface area contributed by atoms with Crippen LogP contribution in [0.4, 0.5) is 18.0 Å². The molecule has 1 aliphatic heterocycles. The standard InChI is InChI=1S/C18H25ClN4O4.C3H4F3NO/c1-4-27-17(26)22-7-9-23(10-8-22)18(2,3)16(25)21-12-15(24)14-6-5-13(19)11-20-14;4-3(5,6)1-7-2-8/h5-6,11H,4,7-10,12H2,1-3H3,(H,21,25);2H,1H2,(H,7,8). The summed E-state index contributed by atoms with van der Waals surface area (Å²) in [5.74, 6) is -0.544. The predicted octanol–water partition coefficient (Wildman–Crippen LogP) is 1.88. The Balaban J connectivity index is 0.000000658. The highest BCUT2D eigenvalue weighted by atomic mass is 35.5. The Bertz CT molecular complexity index is 860. The largest absolute Gasteiger partial charge is 0.450 e. The molecule has 3 amide bonds. The van der Waals surface area contributed by atoms with Crippen LogP contribution in [0, 0.1) is 0 Å². The van der Waals surface area contributed by atoms with Gasteiger partial charge in [0.1, 0.15) is 12.2 Å². The third-order valence-corrected chi connectivity index (χ3v) is 5.18. The van der Waals surface area contributed by atoms with E-state index in [-0.39, 0.29) is 36.4 Å². The second kappa shape index (κ2) is 13.8. The van der Waals surface area contributed by atoms with Crippen LogP contribution in [0.25, 0.3) is 0 Å². The lowest BCUT2D eigenvalue weighted by Gasteiger charge is -2.42. The van der Waals surface area contributed by atoms with Crippen molar-refractivity contribution in [3.63, 3.8) is 0 Å². The average molecular weight is 524 g/mol. The van der Waals surface area contributed by atoms with E-state index < -0.39 is 18.3 Å². The zero-order valence-electron chi connectivity index (χ0n) is 19.7. The molecule has 1 aliphatic rings. The highest BCUT2D eigenvalue weighted by molar-refractivity contribution is 6.30. The number of carbonyl (C=O) groups excluding carboxylic acids is 4. The van der Waals surface area contributed by atoms with Crippen molar-refractivity contribution < 1.29 is 37.1 Å². The summed E-state index contributed by atoms with van der Waals surface area (Å²) >= 11 is 5.76. The summed E-state index contributed by atoms with van der Waals surface area (Å²) in [5, 5.41) is 4.60. The summed E-state index contributed by atoms with van der Waals surface area (Å²) in [6.07, 6.45) is -3.22. The molecule has 0 aromatic carbocycles. The minimum Gasteiger partial charge on any atom is -0.450 e. The fraction of sp³-hybridized carbons (Fsp3) is 0.571. The number of pyridine rings is 1. The van der Waals surface area contributed by atoms with Crippen LogP contribution in [0.2, 0.25) is 5.02 Å². The smallest absolute Gasteiger partial charge is 0.409 e. The van der Waals surface area contributed by atoms with Crippen LogP contribution in [-0.4, -0.2) is 96.6 Å². The van der Waals surface area contributed by atoms with E-state index in [9.17, 15) is 32.3 Å². The number of alkyl halides is 3. The topological polar surface area (TPSA) is 121 Å². The van der Waals surface area contributed by atoms with Crippen molar-refractivity contribution in [2.45, 2.75) is 32.5 Å². The van der Waals surface area contributed by atoms with Gasteiger partial charge in [-0.2, -0.15) is 13.2 Å². The number of piperazine rings is 1. The molecule has 0 atom stereocenters. The molecule has 2 rings (SSSR count). The van der Waals surface area contributed by atoms with Crippen molar-refractivity contribution in [1.82, 2.24) is 25.4 Å². The summed E-state index contributed by atoms with van der Waals surface area (Å²) in [6, 6.07) is 3.10. The van der Waals surface area contributed by atoms with Gasteiger partial charge in [-0.05, 0) is 32.9 Å². The van der Waals surface area contributed by atoms with Crippen LogP contribution in [0.15, 0.2) is 18.3 Å². The first-order valence-electron chi connectivity index (χ1n) is 10.7. The van der Waals surface area contributed by atoms with Gasteiger partial charge >= 0.3 is 12.3 Å². The van der Waals surface area contributed by atoms with Gasteiger partial charge in [0.05, 0.1) is 23.7 Å². The van der Waals surface area contributed by atoms with E-state index >= 15 is 0 Å². The first-order chi connectivity index (χ1) is 16.3. The van der Waals surface area contributed by atoms with E-state index in [1.54, 1.807) is 31.7 Å². The Labute approximate surface area is 206 Å². The van der Waals surface area contributed by atoms with E-state index in [1.165, 1.54) is 17.6 Å². The number of aromatic nitrogens is 1. The van der Waals surface area contributed by atoms with Crippen molar-refractivity contribution in [1.29, 1.82) is 0 Å². The zero-order valence-corrected chi connectivity index (χ0v) is 20.4. The Hall–Kier alpha value is -2.93. The lowest BCUT2D eigenvalue weighted by molar-refractivity contribution is -0.132. The van der Waals surface area contributed by atoms with Gasteiger partial charge in [0.25, 0.3) is 0 Å². The third-order valence-electron chi connectivity index (χ3n) is 4.96. The Morgan fingerprint density at radius 2 is 1.80 bits per heavy atom. The number of ketones is 1. The minimum absolute atomic E-state index is 0.00743. The number of Topliss-reactive ketones (excluding diaryl/α,β-unsaturated/α-hetero) is 1. The molecule has 0 spiro atoms. The molecule has 1 saturated heterocycles. The lowest BCUT2D eigenvalue weighted by Crippen LogP contribution is -2.61. The number of nitrogens with zero attached hydrogens (tertiary/aromatic N) is 3. The second-order valence-electron chi connectivity index (χ2n) is 7.81. The van der Waals surface area contributed by atoms with Gasteiger partial charge in [-0.25, -0.2) is 4.79 Å². The van der Waals surface area contributed by atoms with Crippen molar-refractivity contribution in [3.05, 3.63) is 29.0 Å². The maximum atomic E-state index is 12.6. The SMILES string of the molecule is CCOC(=O)N1CCN(C(C)(C)C(=O)NCC(=O)c2ccc(Cl)cn2)CC1.O=CNCC(F)(F)F. The molecule has 0 bridgehead atoms. The van der Waals surface area contributed by atoms with Crippen LogP contribution in [0.1, 0.15) is 31.3 Å². The van der Waals surface area contributed by atoms with Gasteiger partial charge in [-0.3, -0.25) is 24.3 Å². The summed E-state index contributed by atoms with van der Waals surface area (Å²) in [6.45, 7) is 6.38. The number of halogens is 4. The molecule has 14 heteroatoms. The Kier molecular flexibility index (Phi) is 11.9. The Morgan fingerprint density at radius 3 is 2.26 bits per heavy atom. The van der Waals surface area contributed by atoms with Gasteiger partial charge in [0.2, 0.25) is 12.3 Å². The summed E-state index contributed by atoms with van der Waals surface area (Å²) in [7, 11) is 0. The predicted molar refractivity (Wildman–Crippen MR) is 121 cm³/mol. The number of hydrogen-bond donors (Lipinski definition) is 2. The second-order valence-corrected chi connectivity index (χ2v) is 8.25. The normalized spacial score (nSPS) is 14.3. The molecule has 1 aromatic rings. The molecule has 1 fully saturated rings. The molecule has 0 unspecified atom stereocenters. The van der Waals surface area contributed by atoms with E-state index in [4.69, 9.17) is 16.3 Å². The first kappa shape index (κ1) is 30.1. The van der Waals surface area contributed by atoms with E-state index in [0.717, 1.165) is 0 Å². The van der Waals surface area contributed by atoms with Crippen molar-refractivity contribution in [2.24, 2.45) is 0 Å².